The molecule has 1 N–H and O–H groups in total. The van der Waals surface area contributed by atoms with Crippen LogP contribution in [0.2, 0.25) is 0 Å². The zero-order chi connectivity index (χ0) is 14.0. The first-order valence-electron chi connectivity index (χ1n) is 6.40. The topological polar surface area (TPSA) is 60.9 Å². The van der Waals surface area contributed by atoms with Gasteiger partial charge in [-0.3, -0.25) is 9.69 Å². The average Bonchev–Trinajstić information content (AvgIpc) is 2.78. The van der Waals surface area contributed by atoms with Gasteiger partial charge in [-0.15, -0.1) is 0 Å². The maximum atomic E-state index is 12.3. The molecule has 5 nitrogen and oxygen atoms in total. The van der Waals surface area contributed by atoms with Gasteiger partial charge in [0, 0.05) is 25.8 Å². The quantitative estimate of drug-likeness (QED) is 0.907. The minimum atomic E-state index is -0.888. The number of fused-ring (bicyclic) bond motifs is 1. The summed E-state index contributed by atoms with van der Waals surface area (Å²) < 4.78 is 0. The molecule has 102 valence electrons. The number of hydrogen-bond donors (Lipinski definition) is 1. The highest BCUT2D eigenvalue weighted by Crippen LogP contribution is 2.36. The monoisotopic (exact) mass is 262 g/mol. The van der Waals surface area contributed by atoms with Crippen molar-refractivity contribution in [3.8, 4) is 0 Å². The lowest BCUT2D eigenvalue weighted by atomic mass is 10.0. The molecule has 2 rings (SSSR count). The number of para-hydroxylation sites is 1. The lowest BCUT2D eigenvalue weighted by Crippen LogP contribution is -2.41. The molecule has 0 aliphatic carbocycles. The standard InChI is InChI=1S/C14H18N2O3/c1-3-8-15(2)14(19)16-9-11(13(17)18)10-6-4-5-7-12(10)16/h4-7,11H,3,8-9H2,1-2H3,(H,17,18). The number of benzene rings is 1. The second-order valence-electron chi connectivity index (χ2n) is 4.76. The summed E-state index contributed by atoms with van der Waals surface area (Å²) in [6, 6.07) is 7.07. The van der Waals surface area contributed by atoms with Crippen LogP contribution in [0.1, 0.15) is 24.8 Å². The van der Waals surface area contributed by atoms with Gasteiger partial charge in [0.05, 0.1) is 0 Å². The number of carboxylic acid groups (broad SMARTS) is 1. The first-order chi connectivity index (χ1) is 9.06. The van der Waals surface area contributed by atoms with Crippen molar-refractivity contribution in [3.05, 3.63) is 29.8 Å². The van der Waals surface area contributed by atoms with Crippen LogP contribution in [0.5, 0.6) is 0 Å². The Morgan fingerprint density at radius 2 is 2.11 bits per heavy atom. The van der Waals surface area contributed by atoms with E-state index in [9.17, 15) is 14.7 Å². The molecule has 0 bridgehead atoms. The van der Waals surface area contributed by atoms with Gasteiger partial charge in [-0.1, -0.05) is 25.1 Å². The van der Waals surface area contributed by atoms with E-state index >= 15 is 0 Å². The minimum Gasteiger partial charge on any atom is -0.481 e. The molecule has 5 heteroatoms. The molecular formula is C14H18N2O3. The first-order valence-corrected chi connectivity index (χ1v) is 6.40. The molecule has 1 aliphatic rings. The van der Waals surface area contributed by atoms with Crippen LogP contribution < -0.4 is 4.90 Å². The molecule has 1 aliphatic heterocycles. The van der Waals surface area contributed by atoms with E-state index in [-0.39, 0.29) is 12.6 Å². The van der Waals surface area contributed by atoms with E-state index in [0.717, 1.165) is 6.42 Å². The van der Waals surface area contributed by atoms with Crippen LogP contribution in [0.4, 0.5) is 10.5 Å². The summed E-state index contributed by atoms with van der Waals surface area (Å²) in [6.45, 7) is 2.87. The zero-order valence-electron chi connectivity index (χ0n) is 11.2. The third kappa shape index (κ3) is 2.41. The molecule has 0 aromatic heterocycles. The molecule has 0 saturated heterocycles. The van der Waals surface area contributed by atoms with Gasteiger partial charge < -0.3 is 10.0 Å². The van der Waals surface area contributed by atoms with E-state index in [0.29, 0.717) is 17.8 Å². The highest BCUT2D eigenvalue weighted by atomic mass is 16.4. The number of anilines is 1. The van der Waals surface area contributed by atoms with Gasteiger partial charge in [0.15, 0.2) is 0 Å². The fourth-order valence-electron chi connectivity index (χ4n) is 2.44. The number of amides is 2. The molecule has 0 spiro atoms. The molecule has 1 heterocycles. The fraction of sp³-hybridized carbons (Fsp3) is 0.429. The van der Waals surface area contributed by atoms with Gasteiger partial charge in [-0.2, -0.15) is 0 Å². The summed E-state index contributed by atoms with van der Waals surface area (Å²) in [5, 5.41) is 9.25. The van der Waals surface area contributed by atoms with Crippen LogP contribution in [-0.2, 0) is 4.79 Å². The molecule has 1 aromatic carbocycles. The maximum Gasteiger partial charge on any atom is 0.324 e. The molecule has 19 heavy (non-hydrogen) atoms. The summed E-state index contributed by atoms with van der Waals surface area (Å²) in [5.41, 5.74) is 1.43. The largest absolute Gasteiger partial charge is 0.481 e. The second kappa shape index (κ2) is 5.30. The van der Waals surface area contributed by atoms with Crippen molar-refractivity contribution in [2.45, 2.75) is 19.3 Å². The van der Waals surface area contributed by atoms with E-state index in [2.05, 4.69) is 0 Å². The Morgan fingerprint density at radius 1 is 1.42 bits per heavy atom. The van der Waals surface area contributed by atoms with E-state index in [4.69, 9.17) is 0 Å². The van der Waals surface area contributed by atoms with E-state index in [1.807, 2.05) is 13.0 Å². The van der Waals surface area contributed by atoms with Gasteiger partial charge in [-0.05, 0) is 18.1 Å². The van der Waals surface area contributed by atoms with Crippen LogP contribution in [0.15, 0.2) is 24.3 Å². The smallest absolute Gasteiger partial charge is 0.324 e. The Kier molecular flexibility index (Phi) is 3.74. The Hall–Kier alpha value is -2.04. The van der Waals surface area contributed by atoms with Crippen LogP contribution in [0, 0.1) is 0 Å². The molecule has 1 atom stereocenters. The summed E-state index contributed by atoms with van der Waals surface area (Å²) in [6.07, 6.45) is 0.875. The number of hydrogen-bond acceptors (Lipinski definition) is 2. The third-order valence-electron chi connectivity index (χ3n) is 3.38. The number of nitrogens with zero attached hydrogens (tertiary/aromatic N) is 2. The average molecular weight is 262 g/mol. The molecular weight excluding hydrogens is 244 g/mol. The second-order valence-corrected chi connectivity index (χ2v) is 4.76. The van der Waals surface area contributed by atoms with Gasteiger partial charge in [0.1, 0.15) is 5.92 Å². The van der Waals surface area contributed by atoms with Gasteiger partial charge >= 0.3 is 12.0 Å². The highest BCUT2D eigenvalue weighted by molar-refractivity contribution is 5.97. The summed E-state index contributed by atoms with van der Waals surface area (Å²) in [7, 11) is 1.74. The number of rotatable bonds is 3. The Morgan fingerprint density at radius 3 is 2.74 bits per heavy atom. The number of aliphatic carboxylic acids is 1. The van der Waals surface area contributed by atoms with Crippen molar-refractivity contribution < 1.29 is 14.7 Å². The normalized spacial score (nSPS) is 17.2. The number of carbonyl (C=O) groups excluding carboxylic acids is 1. The van der Waals surface area contributed by atoms with Crippen molar-refractivity contribution in [3.63, 3.8) is 0 Å². The lowest BCUT2D eigenvalue weighted by Gasteiger charge is -2.24. The summed E-state index contributed by atoms with van der Waals surface area (Å²) in [4.78, 5) is 26.8. The fourth-order valence-corrected chi connectivity index (χ4v) is 2.44. The van der Waals surface area contributed by atoms with Crippen molar-refractivity contribution in [1.29, 1.82) is 0 Å². The molecule has 0 radical (unpaired) electrons. The summed E-state index contributed by atoms with van der Waals surface area (Å²) in [5.74, 6) is -1.52. The molecule has 0 saturated carbocycles. The molecule has 0 fully saturated rings. The highest BCUT2D eigenvalue weighted by Gasteiger charge is 2.37. The van der Waals surface area contributed by atoms with Crippen molar-refractivity contribution >= 4 is 17.7 Å². The van der Waals surface area contributed by atoms with Crippen molar-refractivity contribution in [1.82, 2.24) is 4.90 Å². The molecule has 1 unspecified atom stereocenters. The Bertz CT molecular complexity index is 501. The van der Waals surface area contributed by atoms with E-state index < -0.39 is 11.9 Å². The van der Waals surface area contributed by atoms with Crippen LogP contribution >= 0.6 is 0 Å². The maximum absolute atomic E-state index is 12.3. The van der Waals surface area contributed by atoms with Gasteiger partial charge in [0.25, 0.3) is 0 Å². The Balaban J connectivity index is 2.30. The number of carbonyl (C=O) groups is 2. The zero-order valence-corrected chi connectivity index (χ0v) is 11.2. The third-order valence-corrected chi connectivity index (χ3v) is 3.38. The first kappa shape index (κ1) is 13.4. The van der Waals surface area contributed by atoms with Crippen molar-refractivity contribution in [2.75, 3.05) is 25.0 Å². The van der Waals surface area contributed by atoms with Crippen molar-refractivity contribution in [2.24, 2.45) is 0 Å². The van der Waals surface area contributed by atoms with E-state index in [1.165, 1.54) is 0 Å². The predicted molar refractivity (Wildman–Crippen MR) is 72.5 cm³/mol. The SMILES string of the molecule is CCCN(C)C(=O)N1CC(C(=O)O)c2ccccc21. The summed E-state index contributed by atoms with van der Waals surface area (Å²) >= 11 is 0. The van der Waals surface area contributed by atoms with Gasteiger partial charge in [-0.25, -0.2) is 4.79 Å². The van der Waals surface area contributed by atoms with Crippen LogP contribution in [0.25, 0.3) is 0 Å². The number of carboxylic acids is 1. The predicted octanol–water partition coefficient (Wildman–Crippen LogP) is 2.14. The van der Waals surface area contributed by atoms with Crippen LogP contribution in [-0.4, -0.2) is 42.1 Å². The molecule has 1 aromatic rings. The lowest BCUT2D eigenvalue weighted by molar-refractivity contribution is -0.138. The minimum absolute atomic E-state index is 0.141. The van der Waals surface area contributed by atoms with Crippen LogP contribution in [0.3, 0.4) is 0 Å². The molecule has 2 amide bonds. The Labute approximate surface area is 112 Å². The van der Waals surface area contributed by atoms with E-state index in [1.54, 1.807) is 35.0 Å². The van der Waals surface area contributed by atoms with Gasteiger partial charge in [0.2, 0.25) is 0 Å². The number of urea groups is 1.